The molecule has 1 aromatic heterocycles. The summed E-state index contributed by atoms with van der Waals surface area (Å²) in [7, 11) is 0. The quantitative estimate of drug-likeness (QED) is 0.578. The highest BCUT2D eigenvalue weighted by molar-refractivity contribution is 8.01. The molecule has 0 bridgehead atoms. The minimum Gasteiger partial charge on any atom is -0.300 e. The van der Waals surface area contributed by atoms with Crippen molar-refractivity contribution in [2.75, 3.05) is 16.8 Å². The van der Waals surface area contributed by atoms with Crippen LogP contribution in [-0.4, -0.2) is 27.6 Å². The topological polar surface area (TPSA) is 54.9 Å². The Hall–Kier alpha value is -1.05. The van der Waals surface area contributed by atoms with Crippen LogP contribution in [0.3, 0.4) is 0 Å². The van der Waals surface area contributed by atoms with Crippen LogP contribution in [0.4, 0.5) is 5.13 Å². The van der Waals surface area contributed by atoms with Gasteiger partial charge in [0.25, 0.3) is 0 Å². The third kappa shape index (κ3) is 6.07. The van der Waals surface area contributed by atoms with E-state index in [0.29, 0.717) is 11.6 Å². The van der Waals surface area contributed by atoms with E-state index in [1.165, 1.54) is 16.2 Å². The summed E-state index contributed by atoms with van der Waals surface area (Å²) in [6, 6.07) is 10.1. The van der Waals surface area contributed by atoms with Gasteiger partial charge in [-0.25, -0.2) is 0 Å². The van der Waals surface area contributed by atoms with Gasteiger partial charge < -0.3 is 5.32 Å². The Morgan fingerprint density at radius 2 is 2.00 bits per heavy atom. The van der Waals surface area contributed by atoms with E-state index in [1.54, 1.807) is 23.5 Å². The predicted molar refractivity (Wildman–Crippen MR) is 91.3 cm³/mol. The Morgan fingerprint density at radius 1 is 1.19 bits per heavy atom. The summed E-state index contributed by atoms with van der Waals surface area (Å²) in [4.78, 5) is 13.0. The van der Waals surface area contributed by atoms with Gasteiger partial charge in [-0.1, -0.05) is 48.2 Å². The Bertz CT molecular complexity index is 560. The number of hydrogen-bond acceptors (Lipinski definition) is 6. The number of carbonyl (C=O) groups is 1. The second-order valence-corrected chi connectivity index (χ2v) is 7.67. The second-order valence-electron chi connectivity index (χ2n) is 4.18. The Labute approximate surface area is 137 Å². The molecule has 1 heterocycles. The van der Waals surface area contributed by atoms with Crippen LogP contribution < -0.4 is 5.32 Å². The van der Waals surface area contributed by atoms with Crippen molar-refractivity contribution in [3.05, 3.63) is 30.3 Å². The summed E-state index contributed by atoms with van der Waals surface area (Å²) >= 11 is 4.78. The van der Waals surface area contributed by atoms with E-state index < -0.39 is 0 Å². The first-order valence-electron chi connectivity index (χ1n) is 6.72. The van der Waals surface area contributed by atoms with Gasteiger partial charge in [-0.05, 0) is 18.6 Å². The maximum atomic E-state index is 11.8. The number of amides is 1. The first-order chi connectivity index (χ1) is 10.3. The number of hydrogen-bond donors (Lipinski definition) is 1. The van der Waals surface area contributed by atoms with Crippen molar-refractivity contribution >= 4 is 45.9 Å². The van der Waals surface area contributed by atoms with Crippen molar-refractivity contribution in [3.63, 3.8) is 0 Å². The van der Waals surface area contributed by atoms with Crippen LogP contribution >= 0.6 is 34.9 Å². The van der Waals surface area contributed by atoms with Gasteiger partial charge in [0.2, 0.25) is 11.0 Å². The molecule has 21 heavy (non-hydrogen) atoms. The number of thioether (sulfide) groups is 2. The normalized spacial score (nSPS) is 10.5. The van der Waals surface area contributed by atoms with Gasteiger partial charge >= 0.3 is 0 Å². The standard InChI is InChI=1S/C14H17N3OS3/c1-2-9-20-14-17-16-13(21-14)15-12(18)8-10-19-11-6-4-3-5-7-11/h3-7H,2,8-10H2,1H3,(H,15,16,18). The third-order valence-electron chi connectivity index (χ3n) is 2.42. The first kappa shape index (κ1) is 16.3. The van der Waals surface area contributed by atoms with Gasteiger partial charge in [0.15, 0.2) is 4.34 Å². The molecule has 0 atom stereocenters. The molecule has 0 aliphatic carbocycles. The summed E-state index contributed by atoms with van der Waals surface area (Å²) in [6.45, 7) is 2.13. The van der Waals surface area contributed by atoms with Crippen LogP contribution in [-0.2, 0) is 4.79 Å². The Kier molecular flexibility index (Phi) is 7.05. The van der Waals surface area contributed by atoms with Crippen LogP contribution in [0.5, 0.6) is 0 Å². The van der Waals surface area contributed by atoms with E-state index in [1.807, 2.05) is 30.3 Å². The predicted octanol–water partition coefficient (Wildman–Crippen LogP) is 4.16. The zero-order valence-electron chi connectivity index (χ0n) is 11.7. The zero-order valence-corrected chi connectivity index (χ0v) is 14.2. The molecule has 0 aliphatic rings. The molecule has 0 radical (unpaired) electrons. The Balaban J connectivity index is 1.70. The number of anilines is 1. The average molecular weight is 340 g/mol. The van der Waals surface area contributed by atoms with Gasteiger partial charge in [0.1, 0.15) is 0 Å². The molecule has 0 saturated heterocycles. The van der Waals surface area contributed by atoms with E-state index in [-0.39, 0.29) is 5.91 Å². The fourth-order valence-corrected chi connectivity index (χ4v) is 4.03. The molecule has 7 heteroatoms. The lowest BCUT2D eigenvalue weighted by atomic mass is 10.4. The fourth-order valence-electron chi connectivity index (χ4n) is 1.47. The molecule has 2 aromatic rings. The van der Waals surface area contributed by atoms with E-state index in [4.69, 9.17) is 0 Å². The van der Waals surface area contributed by atoms with Crippen LogP contribution in [0, 0.1) is 0 Å². The molecule has 1 N–H and O–H groups in total. The van der Waals surface area contributed by atoms with Crippen molar-refractivity contribution in [1.29, 1.82) is 0 Å². The van der Waals surface area contributed by atoms with Crippen LogP contribution in [0.2, 0.25) is 0 Å². The van der Waals surface area contributed by atoms with Crippen molar-refractivity contribution in [1.82, 2.24) is 10.2 Å². The summed E-state index contributed by atoms with van der Waals surface area (Å²) in [6.07, 6.45) is 1.57. The van der Waals surface area contributed by atoms with Crippen molar-refractivity contribution < 1.29 is 4.79 Å². The molecule has 2 rings (SSSR count). The minimum atomic E-state index is -0.0124. The second kappa shape index (κ2) is 9.07. The van der Waals surface area contributed by atoms with Crippen molar-refractivity contribution in [3.8, 4) is 0 Å². The molecule has 0 unspecified atom stereocenters. The van der Waals surface area contributed by atoms with Gasteiger partial charge in [0, 0.05) is 22.8 Å². The third-order valence-corrected chi connectivity index (χ3v) is 5.62. The zero-order chi connectivity index (χ0) is 14.9. The van der Waals surface area contributed by atoms with E-state index >= 15 is 0 Å². The summed E-state index contributed by atoms with van der Waals surface area (Å²) in [5.74, 6) is 1.77. The SMILES string of the molecule is CCCSc1nnc(NC(=O)CCSc2ccccc2)s1. The van der Waals surface area contributed by atoms with Crippen molar-refractivity contribution in [2.24, 2.45) is 0 Å². The Morgan fingerprint density at radius 3 is 2.76 bits per heavy atom. The molecule has 0 saturated carbocycles. The molecule has 1 aromatic carbocycles. The van der Waals surface area contributed by atoms with Crippen LogP contribution in [0.15, 0.2) is 39.6 Å². The highest BCUT2D eigenvalue weighted by atomic mass is 32.2. The lowest BCUT2D eigenvalue weighted by Gasteiger charge is -2.01. The minimum absolute atomic E-state index is 0.0124. The van der Waals surface area contributed by atoms with Gasteiger partial charge in [-0.2, -0.15) is 0 Å². The highest BCUT2D eigenvalue weighted by Gasteiger charge is 2.08. The summed E-state index contributed by atoms with van der Waals surface area (Å²) in [5, 5.41) is 11.4. The van der Waals surface area contributed by atoms with Gasteiger partial charge in [0.05, 0.1) is 0 Å². The number of aromatic nitrogens is 2. The molecule has 0 fully saturated rings. The van der Waals surface area contributed by atoms with E-state index in [0.717, 1.165) is 22.3 Å². The number of nitrogens with one attached hydrogen (secondary N) is 1. The summed E-state index contributed by atoms with van der Waals surface area (Å²) < 4.78 is 0.908. The average Bonchev–Trinajstić information content (AvgIpc) is 2.93. The fraction of sp³-hybridized carbons (Fsp3) is 0.357. The first-order valence-corrected chi connectivity index (χ1v) is 9.50. The molecular formula is C14H17N3OS3. The van der Waals surface area contributed by atoms with Gasteiger partial charge in [-0.15, -0.1) is 22.0 Å². The molecule has 1 amide bonds. The largest absolute Gasteiger partial charge is 0.300 e. The number of nitrogens with zero attached hydrogens (tertiary/aromatic N) is 2. The molecule has 0 spiro atoms. The lowest BCUT2D eigenvalue weighted by Crippen LogP contribution is -2.11. The number of rotatable bonds is 8. The molecule has 112 valence electrons. The van der Waals surface area contributed by atoms with E-state index in [9.17, 15) is 4.79 Å². The monoisotopic (exact) mass is 339 g/mol. The smallest absolute Gasteiger partial charge is 0.227 e. The lowest BCUT2D eigenvalue weighted by molar-refractivity contribution is -0.115. The maximum absolute atomic E-state index is 11.8. The van der Waals surface area contributed by atoms with Crippen molar-refractivity contribution in [2.45, 2.75) is 29.0 Å². The van der Waals surface area contributed by atoms with E-state index in [2.05, 4.69) is 22.4 Å². The molecular weight excluding hydrogens is 322 g/mol. The number of benzene rings is 1. The maximum Gasteiger partial charge on any atom is 0.227 e. The molecule has 0 aliphatic heterocycles. The van der Waals surface area contributed by atoms with Gasteiger partial charge in [-0.3, -0.25) is 4.79 Å². The molecule has 4 nitrogen and oxygen atoms in total. The summed E-state index contributed by atoms with van der Waals surface area (Å²) in [5.41, 5.74) is 0. The number of carbonyl (C=O) groups excluding carboxylic acids is 1. The van der Waals surface area contributed by atoms with Crippen LogP contribution in [0.25, 0.3) is 0 Å². The van der Waals surface area contributed by atoms with Crippen LogP contribution in [0.1, 0.15) is 19.8 Å². The highest BCUT2D eigenvalue weighted by Crippen LogP contribution is 2.26.